The standard InChI is InChI=1S/C24H11BrCl8N2O4/c25-11-4-1-9(2-5-11)14(36)8-34(19(37)10-3-6-12(26)13(27)7-10)35-20(38)15-16(21(35)39)23(31)18(29)17(28)22(15,30)24(23,32)33/h1-7,15-16H,8H2/t15-,16+,22-,23-/m1/s1. The van der Waals surface area contributed by atoms with Crippen LogP contribution in [0.5, 0.6) is 0 Å². The number of rotatable bonds is 5. The van der Waals surface area contributed by atoms with Crippen LogP contribution >= 0.6 is 109 Å². The third kappa shape index (κ3) is 3.95. The number of hydrazine groups is 1. The number of allylic oxidation sites excluding steroid dienone is 2. The molecule has 2 fully saturated rings. The van der Waals surface area contributed by atoms with Crippen molar-refractivity contribution in [2.45, 2.75) is 14.1 Å². The van der Waals surface area contributed by atoms with E-state index in [-0.39, 0.29) is 31.2 Å². The van der Waals surface area contributed by atoms with Gasteiger partial charge in [-0.1, -0.05) is 97.7 Å². The first-order chi connectivity index (χ1) is 18.1. The number of halogens is 9. The molecule has 1 aliphatic heterocycles. The second kappa shape index (κ2) is 9.92. The number of amides is 3. The maximum Gasteiger partial charge on any atom is 0.273 e. The maximum atomic E-state index is 13.9. The number of hydrogen-bond acceptors (Lipinski definition) is 4. The Morgan fingerprint density at radius 2 is 1.28 bits per heavy atom. The van der Waals surface area contributed by atoms with E-state index >= 15 is 0 Å². The van der Waals surface area contributed by atoms with Gasteiger partial charge in [-0.3, -0.25) is 19.2 Å². The van der Waals surface area contributed by atoms with E-state index in [4.69, 9.17) is 92.8 Å². The summed E-state index contributed by atoms with van der Waals surface area (Å²) in [5, 5.41) is 0.833. The molecule has 0 N–H and O–H groups in total. The molecule has 204 valence electrons. The van der Waals surface area contributed by atoms with E-state index in [1.54, 1.807) is 12.1 Å². The fraction of sp³-hybridized carbons (Fsp3) is 0.250. The predicted octanol–water partition coefficient (Wildman–Crippen LogP) is 7.44. The summed E-state index contributed by atoms with van der Waals surface area (Å²) in [5.41, 5.74) is 0.147. The lowest BCUT2D eigenvalue weighted by Crippen LogP contribution is -2.56. The molecule has 1 saturated heterocycles. The van der Waals surface area contributed by atoms with Gasteiger partial charge in [0, 0.05) is 15.6 Å². The number of carbonyl (C=O) groups is 4. The van der Waals surface area contributed by atoms with Crippen LogP contribution in [0, 0.1) is 11.8 Å². The average Bonchev–Trinajstić information content (AvgIpc) is 3.27. The van der Waals surface area contributed by atoms with Crippen molar-refractivity contribution >= 4 is 132 Å². The van der Waals surface area contributed by atoms with E-state index in [2.05, 4.69) is 15.9 Å². The van der Waals surface area contributed by atoms with Crippen molar-refractivity contribution in [1.29, 1.82) is 0 Å². The van der Waals surface area contributed by atoms with Crippen LogP contribution in [0.25, 0.3) is 0 Å². The van der Waals surface area contributed by atoms with Crippen LogP contribution in [0.1, 0.15) is 20.7 Å². The second-order valence-electron chi connectivity index (χ2n) is 8.99. The Morgan fingerprint density at radius 3 is 1.77 bits per heavy atom. The van der Waals surface area contributed by atoms with Gasteiger partial charge in [0.2, 0.25) is 0 Å². The summed E-state index contributed by atoms with van der Waals surface area (Å²) in [5.74, 6) is -6.48. The molecule has 5 rings (SSSR count). The topological polar surface area (TPSA) is 74.8 Å². The van der Waals surface area contributed by atoms with Crippen LogP contribution < -0.4 is 0 Å². The summed E-state index contributed by atoms with van der Waals surface area (Å²) in [6.07, 6.45) is 0. The van der Waals surface area contributed by atoms with E-state index < -0.39 is 56.0 Å². The van der Waals surface area contributed by atoms with Crippen molar-refractivity contribution in [3.63, 3.8) is 0 Å². The van der Waals surface area contributed by atoms with Crippen molar-refractivity contribution in [3.8, 4) is 0 Å². The van der Waals surface area contributed by atoms with Crippen LogP contribution in [0.15, 0.2) is 57.0 Å². The number of fused-ring (bicyclic) bond motifs is 5. The van der Waals surface area contributed by atoms with E-state index in [9.17, 15) is 19.2 Å². The van der Waals surface area contributed by atoms with Crippen LogP contribution in [0.4, 0.5) is 0 Å². The fourth-order valence-electron chi connectivity index (χ4n) is 5.09. The number of ketones is 1. The third-order valence-corrected chi connectivity index (χ3v) is 12.5. The Kier molecular flexibility index (Phi) is 7.57. The van der Waals surface area contributed by atoms with E-state index in [0.29, 0.717) is 14.5 Å². The smallest absolute Gasteiger partial charge is 0.273 e. The Hall–Kier alpha value is -0.740. The largest absolute Gasteiger partial charge is 0.292 e. The summed E-state index contributed by atoms with van der Waals surface area (Å²) in [6.45, 7) is -0.718. The molecule has 2 aromatic carbocycles. The zero-order valence-corrected chi connectivity index (χ0v) is 26.5. The van der Waals surface area contributed by atoms with Crippen molar-refractivity contribution in [3.05, 3.63) is 78.2 Å². The van der Waals surface area contributed by atoms with E-state index in [0.717, 1.165) is 0 Å². The number of hydrogen-bond donors (Lipinski definition) is 0. The number of Topliss-reactive ketones (excluding diaryl/α,β-unsaturated/α-hetero) is 1. The second-order valence-corrected chi connectivity index (χ2v) is 14.0. The predicted molar refractivity (Wildman–Crippen MR) is 155 cm³/mol. The van der Waals surface area contributed by atoms with Gasteiger partial charge in [-0.05, 0) is 30.3 Å². The van der Waals surface area contributed by atoms with Crippen LogP contribution in [0.3, 0.4) is 0 Å². The lowest BCUT2D eigenvalue weighted by molar-refractivity contribution is -0.154. The molecule has 39 heavy (non-hydrogen) atoms. The van der Waals surface area contributed by atoms with E-state index in [1.165, 1.54) is 30.3 Å². The summed E-state index contributed by atoms with van der Waals surface area (Å²) >= 11 is 54.7. The third-order valence-electron chi connectivity index (χ3n) is 6.99. The molecule has 1 heterocycles. The normalized spacial score (nSPS) is 28.8. The summed E-state index contributed by atoms with van der Waals surface area (Å²) in [4.78, 5) is 50.6. The molecular weight excluding hydrogens is 744 g/mol. The van der Waals surface area contributed by atoms with Gasteiger partial charge in [-0.2, -0.15) is 5.01 Å². The Morgan fingerprint density at radius 1 is 0.795 bits per heavy atom. The molecule has 0 unspecified atom stereocenters. The maximum absolute atomic E-state index is 13.9. The van der Waals surface area contributed by atoms with Crippen molar-refractivity contribution in [1.82, 2.24) is 10.0 Å². The first kappa shape index (κ1) is 29.7. The highest BCUT2D eigenvalue weighted by Gasteiger charge is 2.88. The van der Waals surface area contributed by atoms with Gasteiger partial charge in [0.15, 0.2) is 10.1 Å². The Balaban J connectivity index is 1.60. The van der Waals surface area contributed by atoms with Crippen LogP contribution in [-0.4, -0.2) is 54.1 Å². The summed E-state index contributed by atoms with van der Waals surface area (Å²) in [7, 11) is 0. The average molecular weight is 755 g/mol. The molecule has 0 radical (unpaired) electrons. The Labute approximate surface area is 270 Å². The minimum Gasteiger partial charge on any atom is -0.292 e. The molecule has 6 nitrogen and oxygen atoms in total. The fourth-order valence-corrected chi connectivity index (χ4v) is 8.58. The number of nitrogens with zero attached hydrogens (tertiary/aromatic N) is 2. The molecular formula is C24H11BrCl8N2O4. The number of carbonyl (C=O) groups excluding carboxylic acids is 4. The molecule has 2 bridgehead atoms. The van der Waals surface area contributed by atoms with E-state index in [1.807, 2.05) is 0 Å². The summed E-state index contributed by atoms with van der Waals surface area (Å²) < 4.78 is -1.45. The van der Waals surface area contributed by atoms with Crippen molar-refractivity contribution < 1.29 is 19.2 Å². The van der Waals surface area contributed by atoms with Crippen molar-refractivity contribution in [2.75, 3.05) is 6.54 Å². The highest BCUT2D eigenvalue weighted by molar-refractivity contribution is 9.10. The first-order valence-electron chi connectivity index (χ1n) is 10.9. The minimum atomic E-state index is -2.16. The monoisotopic (exact) mass is 750 g/mol. The number of benzene rings is 2. The highest BCUT2D eigenvalue weighted by Crippen LogP contribution is 2.77. The lowest BCUT2D eigenvalue weighted by atomic mass is 9.84. The van der Waals surface area contributed by atoms with Crippen LogP contribution in [0.2, 0.25) is 10.0 Å². The highest BCUT2D eigenvalue weighted by atomic mass is 79.9. The first-order valence-corrected chi connectivity index (χ1v) is 14.7. The van der Waals surface area contributed by atoms with Gasteiger partial charge >= 0.3 is 0 Å². The number of alkyl halides is 4. The SMILES string of the molecule is O=C(CN(C(=O)c1ccc(Cl)c(Cl)c1)N1C(=O)[C@@H]2[C@H](C1=O)[C@@]1(Cl)C(Cl)=C(Cl)[C@@]2(Cl)C1(Cl)Cl)c1ccc(Br)cc1. The molecule has 3 amide bonds. The minimum absolute atomic E-state index is 0.0342. The van der Waals surface area contributed by atoms with Gasteiger partial charge in [-0.15, -0.1) is 23.2 Å². The van der Waals surface area contributed by atoms with Gasteiger partial charge < -0.3 is 0 Å². The molecule has 0 spiro atoms. The molecule has 2 aromatic rings. The zero-order valence-electron chi connectivity index (χ0n) is 18.8. The van der Waals surface area contributed by atoms with Gasteiger partial charge in [0.25, 0.3) is 17.7 Å². The Bertz CT molecular complexity index is 1470. The quantitative estimate of drug-likeness (QED) is 0.181. The van der Waals surface area contributed by atoms with Gasteiger partial charge in [0.05, 0.1) is 31.9 Å². The van der Waals surface area contributed by atoms with Gasteiger partial charge in [-0.25, -0.2) is 5.01 Å². The van der Waals surface area contributed by atoms with Crippen molar-refractivity contribution in [2.24, 2.45) is 11.8 Å². The molecule has 15 heteroatoms. The van der Waals surface area contributed by atoms with Crippen LogP contribution in [-0.2, 0) is 9.59 Å². The molecule has 3 aliphatic rings. The molecule has 1 saturated carbocycles. The number of imide groups is 1. The molecule has 4 atom stereocenters. The molecule has 0 aromatic heterocycles. The van der Waals surface area contributed by atoms with Gasteiger partial charge in [0.1, 0.15) is 16.3 Å². The zero-order chi connectivity index (χ0) is 28.8. The lowest BCUT2D eigenvalue weighted by Gasteiger charge is -2.36. The summed E-state index contributed by atoms with van der Waals surface area (Å²) in [6, 6.07) is 10.2. The molecule has 2 aliphatic carbocycles.